The minimum absolute atomic E-state index is 0.475. The SMILES string of the molecule is Cc1ccccc1P(CP(c1ccccc1C)c1ccccc1C)c1ccccc1C. The molecule has 4 aromatic carbocycles. The molecule has 0 atom stereocenters. The molecular formula is C29H30P2. The Morgan fingerprint density at radius 2 is 0.613 bits per heavy atom. The second-order valence-electron chi connectivity index (χ2n) is 8.14. The van der Waals surface area contributed by atoms with E-state index in [0.29, 0.717) is 0 Å². The summed E-state index contributed by atoms with van der Waals surface area (Å²) in [7, 11) is -0.950. The fourth-order valence-corrected chi connectivity index (χ4v) is 11.3. The lowest BCUT2D eigenvalue weighted by molar-refractivity contribution is 1.49. The van der Waals surface area contributed by atoms with Gasteiger partial charge in [0.2, 0.25) is 0 Å². The van der Waals surface area contributed by atoms with Crippen molar-refractivity contribution in [2.24, 2.45) is 0 Å². The van der Waals surface area contributed by atoms with Crippen molar-refractivity contribution in [1.29, 1.82) is 0 Å². The van der Waals surface area contributed by atoms with Gasteiger partial charge in [0.25, 0.3) is 0 Å². The molecule has 0 heterocycles. The molecule has 0 nitrogen and oxygen atoms in total. The van der Waals surface area contributed by atoms with Crippen molar-refractivity contribution < 1.29 is 0 Å². The van der Waals surface area contributed by atoms with Gasteiger partial charge in [-0.1, -0.05) is 97.1 Å². The Kier molecular flexibility index (Phi) is 7.02. The highest BCUT2D eigenvalue weighted by atomic mass is 31.2. The maximum atomic E-state index is 2.36. The summed E-state index contributed by atoms with van der Waals surface area (Å²) in [5.41, 5.74) is 5.62. The van der Waals surface area contributed by atoms with Gasteiger partial charge in [-0.2, -0.15) is 0 Å². The number of benzene rings is 4. The van der Waals surface area contributed by atoms with E-state index in [-0.39, 0.29) is 0 Å². The zero-order chi connectivity index (χ0) is 21.8. The maximum absolute atomic E-state index is 2.36. The molecule has 0 unspecified atom stereocenters. The minimum Gasteiger partial charge on any atom is -0.0620 e. The number of hydrogen-bond donors (Lipinski definition) is 0. The summed E-state index contributed by atoms with van der Waals surface area (Å²) in [6, 6.07) is 36.0. The lowest BCUT2D eigenvalue weighted by Crippen LogP contribution is -2.24. The van der Waals surface area contributed by atoms with Gasteiger partial charge in [-0.15, -0.1) is 0 Å². The first kappa shape index (κ1) is 22.0. The second-order valence-corrected chi connectivity index (χ2v) is 12.9. The summed E-state index contributed by atoms with van der Waals surface area (Å²) in [6.07, 6.45) is 0. The second kappa shape index (κ2) is 9.91. The molecule has 0 saturated carbocycles. The molecule has 0 radical (unpaired) electrons. The van der Waals surface area contributed by atoms with Crippen LogP contribution >= 0.6 is 15.8 Å². The first-order valence-corrected chi connectivity index (χ1v) is 13.9. The first-order valence-electron chi connectivity index (χ1n) is 10.8. The molecule has 0 aliphatic rings. The fraction of sp³-hybridized carbons (Fsp3) is 0.172. The molecule has 0 fully saturated rings. The topological polar surface area (TPSA) is 0 Å². The average molecular weight is 441 g/mol. The van der Waals surface area contributed by atoms with Gasteiger partial charge in [-0.3, -0.25) is 0 Å². The average Bonchev–Trinajstić information content (AvgIpc) is 2.78. The van der Waals surface area contributed by atoms with Gasteiger partial charge >= 0.3 is 0 Å². The molecule has 4 aromatic rings. The Labute approximate surface area is 189 Å². The highest BCUT2D eigenvalue weighted by molar-refractivity contribution is 7.88. The van der Waals surface area contributed by atoms with E-state index in [4.69, 9.17) is 0 Å². The number of aryl methyl sites for hydroxylation is 4. The molecule has 31 heavy (non-hydrogen) atoms. The van der Waals surface area contributed by atoms with Crippen molar-refractivity contribution in [1.82, 2.24) is 0 Å². The highest BCUT2D eigenvalue weighted by Gasteiger charge is 2.25. The van der Waals surface area contributed by atoms with E-state index in [1.165, 1.54) is 49.4 Å². The molecule has 0 N–H and O–H groups in total. The van der Waals surface area contributed by atoms with Gasteiger partial charge in [-0.25, -0.2) is 0 Å². The van der Waals surface area contributed by atoms with Gasteiger partial charge in [0.15, 0.2) is 0 Å². The standard InChI is InChI=1S/C29H30P2/c1-22-13-5-9-17-26(22)30(27-18-10-6-14-23(27)2)21-31(28-19-11-7-15-24(28)3)29-20-12-8-16-25(29)4/h5-20H,21H2,1-4H3. The maximum Gasteiger partial charge on any atom is 0.00409 e. The minimum atomic E-state index is -0.475. The highest BCUT2D eigenvalue weighted by Crippen LogP contribution is 2.50. The van der Waals surface area contributed by atoms with Gasteiger partial charge in [0.1, 0.15) is 0 Å². The van der Waals surface area contributed by atoms with E-state index in [1.54, 1.807) is 0 Å². The van der Waals surface area contributed by atoms with Crippen LogP contribution in [-0.4, -0.2) is 5.90 Å². The molecule has 0 amide bonds. The van der Waals surface area contributed by atoms with Crippen LogP contribution in [0.25, 0.3) is 0 Å². The zero-order valence-corrected chi connectivity index (χ0v) is 20.6. The van der Waals surface area contributed by atoms with Crippen LogP contribution < -0.4 is 21.2 Å². The largest absolute Gasteiger partial charge is 0.0620 e. The lowest BCUT2D eigenvalue weighted by Gasteiger charge is -2.29. The molecule has 0 spiro atoms. The van der Waals surface area contributed by atoms with E-state index in [2.05, 4.69) is 125 Å². The van der Waals surface area contributed by atoms with Gasteiger partial charge in [-0.05, 0) is 87.0 Å². The van der Waals surface area contributed by atoms with Crippen LogP contribution in [0.2, 0.25) is 0 Å². The first-order chi connectivity index (χ1) is 15.1. The van der Waals surface area contributed by atoms with Crippen LogP contribution in [0, 0.1) is 27.7 Å². The Morgan fingerprint density at radius 1 is 0.387 bits per heavy atom. The molecule has 0 aliphatic carbocycles. The summed E-state index contributed by atoms with van der Waals surface area (Å²) in [6.45, 7) is 9.08. The monoisotopic (exact) mass is 440 g/mol. The summed E-state index contributed by atoms with van der Waals surface area (Å²) in [5, 5.41) is 6.06. The van der Waals surface area contributed by atoms with Crippen molar-refractivity contribution in [2.75, 3.05) is 5.90 Å². The van der Waals surface area contributed by atoms with Crippen LogP contribution in [0.5, 0.6) is 0 Å². The third-order valence-electron chi connectivity index (χ3n) is 5.91. The molecule has 0 saturated heterocycles. The lowest BCUT2D eigenvalue weighted by atomic mass is 10.2. The predicted octanol–water partition coefficient (Wildman–Crippen LogP) is 6.44. The van der Waals surface area contributed by atoms with Crippen molar-refractivity contribution in [3.63, 3.8) is 0 Å². The molecular weight excluding hydrogens is 410 g/mol. The van der Waals surface area contributed by atoms with E-state index in [1.807, 2.05) is 0 Å². The Balaban J connectivity index is 1.89. The predicted molar refractivity (Wildman–Crippen MR) is 142 cm³/mol. The molecule has 0 aliphatic heterocycles. The smallest absolute Gasteiger partial charge is 0.00409 e. The summed E-state index contributed by atoms with van der Waals surface area (Å²) in [4.78, 5) is 0. The summed E-state index contributed by atoms with van der Waals surface area (Å²) >= 11 is 0. The summed E-state index contributed by atoms with van der Waals surface area (Å²) in [5.74, 6) is 1.18. The Hall–Kier alpha value is -2.26. The van der Waals surface area contributed by atoms with Crippen molar-refractivity contribution in [3.05, 3.63) is 119 Å². The van der Waals surface area contributed by atoms with Crippen LogP contribution in [0.15, 0.2) is 97.1 Å². The van der Waals surface area contributed by atoms with E-state index in [9.17, 15) is 0 Å². The van der Waals surface area contributed by atoms with Crippen molar-refractivity contribution in [3.8, 4) is 0 Å². The molecule has 2 heteroatoms. The third-order valence-corrected chi connectivity index (χ3v) is 12.5. The van der Waals surface area contributed by atoms with Gasteiger partial charge in [0.05, 0.1) is 0 Å². The van der Waals surface area contributed by atoms with Crippen molar-refractivity contribution in [2.45, 2.75) is 27.7 Å². The van der Waals surface area contributed by atoms with Crippen LogP contribution in [0.1, 0.15) is 22.3 Å². The van der Waals surface area contributed by atoms with E-state index in [0.717, 1.165) is 0 Å². The van der Waals surface area contributed by atoms with Crippen LogP contribution in [0.3, 0.4) is 0 Å². The number of rotatable bonds is 6. The quantitative estimate of drug-likeness (QED) is 0.303. The van der Waals surface area contributed by atoms with Gasteiger partial charge in [0, 0.05) is 5.90 Å². The fourth-order valence-electron chi connectivity index (χ4n) is 4.17. The normalized spacial score (nSPS) is 11.3. The molecule has 156 valence electrons. The molecule has 4 rings (SSSR count). The van der Waals surface area contributed by atoms with E-state index >= 15 is 0 Å². The summed E-state index contributed by atoms with van der Waals surface area (Å²) < 4.78 is 0. The van der Waals surface area contributed by atoms with Crippen molar-refractivity contribution >= 4 is 37.1 Å². The third kappa shape index (κ3) is 4.82. The van der Waals surface area contributed by atoms with E-state index < -0.39 is 15.8 Å². The molecule has 0 bridgehead atoms. The van der Waals surface area contributed by atoms with Crippen LogP contribution in [-0.2, 0) is 0 Å². The van der Waals surface area contributed by atoms with Gasteiger partial charge < -0.3 is 0 Å². The molecule has 0 aromatic heterocycles. The zero-order valence-electron chi connectivity index (χ0n) is 18.8. The number of hydrogen-bond acceptors (Lipinski definition) is 0. The Morgan fingerprint density at radius 3 is 0.839 bits per heavy atom. The Bertz CT molecular complexity index is 994. The van der Waals surface area contributed by atoms with Crippen LogP contribution in [0.4, 0.5) is 0 Å².